The van der Waals surface area contributed by atoms with Crippen LogP contribution in [0.15, 0.2) is 47.4 Å². The van der Waals surface area contributed by atoms with Crippen LogP contribution in [0.1, 0.15) is 28.8 Å². The molecule has 3 aromatic rings. The highest BCUT2D eigenvalue weighted by Crippen LogP contribution is 2.22. The van der Waals surface area contributed by atoms with Crippen molar-refractivity contribution in [1.82, 2.24) is 19.0 Å². The summed E-state index contributed by atoms with van der Waals surface area (Å²) in [5, 5.41) is 0. The Balaban J connectivity index is 1.46. The van der Waals surface area contributed by atoms with Gasteiger partial charge < -0.3 is 4.90 Å². The van der Waals surface area contributed by atoms with E-state index < -0.39 is 0 Å². The van der Waals surface area contributed by atoms with Gasteiger partial charge in [0.2, 0.25) is 0 Å². The van der Waals surface area contributed by atoms with Gasteiger partial charge in [0.25, 0.3) is 5.91 Å². The first-order valence-corrected chi connectivity index (χ1v) is 9.41. The molecule has 6 heteroatoms. The molecule has 1 aliphatic rings. The molecule has 0 unspecified atom stereocenters. The molecule has 6 nitrogen and oxygen atoms in total. The molecular weight excluding hydrogens is 340 g/mol. The number of benzene rings is 1. The second-order valence-electron chi connectivity index (χ2n) is 7.35. The number of fused-ring (bicyclic) bond motifs is 1. The summed E-state index contributed by atoms with van der Waals surface area (Å²) in [5.74, 6) is 0.478. The molecule has 27 heavy (non-hydrogen) atoms. The van der Waals surface area contributed by atoms with Gasteiger partial charge in [-0.25, -0.2) is 9.78 Å². The Bertz CT molecular complexity index is 1040. The van der Waals surface area contributed by atoms with E-state index in [1.807, 2.05) is 48.2 Å². The Hall–Kier alpha value is -2.89. The first-order valence-electron chi connectivity index (χ1n) is 9.41. The van der Waals surface area contributed by atoms with E-state index in [9.17, 15) is 9.59 Å². The van der Waals surface area contributed by atoms with Gasteiger partial charge in [-0.05, 0) is 49.4 Å². The fraction of sp³-hybridized carbons (Fsp3) is 0.381. The first-order chi connectivity index (χ1) is 13.1. The Morgan fingerprint density at radius 3 is 2.63 bits per heavy atom. The van der Waals surface area contributed by atoms with Crippen molar-refractivity contribution < 1.29 is 4.79 Å². The lowest BCUT2D eigenvalue weighted by molar-refractivity contribution is 0.0682. The molecule has 1 fully saturated rings. The molecule has 4 rings (SSSR count). The lowest BCUT2D eigenvalue weighted by atomic mass is 9.95. The third-order valence-corrected chi connectivity index (χ3v) is 5.62. The quantitative estimate of drug-likeness (QED) is 0.718. The van der Waals surface area contributed by atoms with Crippen LogP contribution in [0.25, 0.3) is 11.2 Å². The second kappa shape index (κ2) is 7.02. The van der Waals surface area contributed by atoms with Gasteiger partial charge in [-0.2, -0.15) is 0 Å². The second-order valence-corrected chi connectivity index (χ2v) is 7.35. The number of hydrogen-bond acceptors (Lipinski definition) is 3. The van der Waals surface area contributed by atoms with Gasteiger partial charge in [0, 0.05) is 38.4 Å². The number of aromatic nitrogens is 3. The van der Waals surface area contributed by atoms with Crippen molar-refractivity contribution >= 4 is 17.1 Å². The first kappa shape index (κ1) is 17.5. The third-order valence-electron chi connectivity index (χ3n) is 5.62. The van der Waals surface area contributed by atoms with Crippen LogP contribution in [0.3, 0.4) is 0 Å². The number of carbonyl (C=O) groups excluding carboxylic acids is 1. The minimum Gasteiger partial charge on any atom is -0.339 e. The standard InChI is InChI=1S/C21H24N4O2/c1-15-6-3-4-7-17(15)20(26)24-12-9-16(10-13-24)14-25-19-18(8-5-11-22-19)23(2)21(25)27/h3-8,11,16H,9-10,12-14H2,1-2H3. The van der Waals surface area contributed by atoms with Crippen molar-refractivity contribution in [3.05, 3.63) is 64.2 Å². The van der Waals surface area contributed by atoms with Crippen molar-refractivity contribution in [1.29, 1.82) is 0 Å². The third kappa shape index (κ3) is 3.16. The van der Waals surface area contributed by atoms with Gasteiger partial charge in [-0.15, -0.1) is 0 Å². The summed E-state index contributed by atoms with van der Waals surface area (Å²) < 4.78 is 3.43. The van der Waals surface area contributed by atoms with E-state index in [-0.39, 0.29) is 11.6 Å². The summed E-state index contributed by atoms with van der Waals surface area (Å²) in [6.07, 6.45) is 3.52. The van der Waals surface area contributed by atoms with Gasteiger partial charge in [0.1, 0.15) is 0 Å². The smallest absolute Gasteiger partial charge is 0.330 e. The molecule has 1 saturated heterocycles. The van der Waals surface area contributed by atoms with Crippen LogP contribution in [0.5, 0.6) is 0 Å². The van der Waals surface area contributed by atoms with Crippen LogP contribution in [0.2, 0.25) is 0 Å². The monoisotopic (exact) mass is 364 g/mol. The summed E-state index contributed by atoms with van der Waals surface area (Å²) >= 11 is 0. The maximum atomic E-state index is 12.8. The molecule has 2 aromatic heterocycles. The van der Waals surface area contributed by atoms with Crippen LogP contribution in [0.4, 0.5) is 0 Å². The number of carbonyl (C=O) groups is 1. The van der Waals surface area contributed by atoms with Crippen LogP contribution >= 0.6 is 0 Å². The molecule has 0 spiro atoms. The lowest BCUT2D eigenvalue weighted by Gasteiger charge is -2.32. The molecule has 1 aliphatic heterocycles. The van der Waals surface area contributed by atoms with Crippen molar-refractivity contribution in [2.75, 3.05) is 13.1 Å². The van der Waals surface area contributed by atoms with E-state index in [2.05, 4.69) is 4.98 Å². The fourth-order valence-corrected chi connectivity index (χ4v) is 3.96. The van der Waals surface area contributed by atoms with Gasteiger partial charge in [-0.1, -0.05) is 18.2 Å². The largest absolute Gasteiger partial charge is 0.339 e. The molecule has 0 N–H and O–H groups in total. The normalized spacial score (nSPS) is 15.4. The summed E-state index contributed by atoms with van der Waals surface area (Å²) in [4.78, 5) is 31.7. The average molecular weight is 364 g/mol. The van der Waals surface area contributed by atoms with Gasteiger partial charge in [0.15, 0.2) is 5.65 Å². The topological polar surface area (TPSA) is 60.1 Å². The number of piperidine rings is 1. The number of nitrogens with zero attached hydrogens (tertiary/aromatic N) is 4. The Morgan fingerprint density at radius 1 is 1.15 bits per heavy atom. The highest BCUT2D eigenvalue weighted by molar-refractivity contribution is 5.95. The number of imidazole rings is 1. The zero-order valence-corrected chi connectivity index (χ0v) is 15.8. The zero-order valence-electron chi connectivity index (χ0n) is 15.8. The van der Waals surface area contributed by atoms with E-state index in [1.165, 1.54) is 0 Å². The van der Waals surface area contributed by atoms with Crippen LogP contribution in [-0.2, 0) is 13.6 Å². The molecule has 0 aliphatic carbocycles. The molecule has 0 atom stereocenters. The Labute approximate surface area is 158 Å². The minimum atomic E-state index is -0.0258. The highest BCUT2D eigenvalue weighted by Gasteiger charge is 2.25. The van der Waals surface area contributed by atoms with Crippen molar-refractivity contribution in [2.45, 2.75) is 26.3 Å². The molecular formula is C21H24N4O2. The van der Waals surface area contributed by atoms with E-state index in [1.54, 1.807) is 22.4 Å². The molecule has 1 amide bonds. The van der Waals surface area contributed by atoms with Crippen LogP contribution < -0.4 is 5.69 Å². The van der Waals surface area contributed by atoms with E-state index in [0.717, 1.165) is 48.2 Å². The summed E-state index contributed by atoms with van der Waals surface area (Å²) in [7, 11) is 1.78. The number of hydrogen-bond donors (Lipinski definition) is 0. The number of pyridine rings is 1. The van der Waals surface area contributed by atoms with E-state index >= 15 is 0 Å². The van der Waals surface area contributed by atoms with Gasteiger partial charge in [-0.3, -0.25) is 13.9 Å². The zero-order chi connectivity index (χ0) is 19.0. The summed E-state index contributed by atoms with van der Waals surface area (Å²) in [6, 6.07) is 11.5. The summed E-state index contributed by atoms with van der Waals surface area (Å²) in [5.41, 5.74) is 3.36. The maximum Gasteiger partial charge on any atom is 0.330 e. The van der Waals surface area contributed by atoms with Gasteiger partial charge in [0.05, 0.1) is 5.52 Å². The SMILES string of the molecule is Cc1ccccc1C(=O)N1CCC(Cn2c(=O)n(C)c3cccnc32)CC1. The Kier molecular flexibility index (Phi) is 4.56. The lowest BCUT2D eigenvalue weighted by Crippen LogP contribution is -2.40. The van der Waals surface area contributed by atoms with Crippen LogP contribution in [-0.4, -0.2) is 38.0 Å². The molecule has 0 bridgehead atoms. The average Bonchev–Trinajstić information content (AvgIpc) is 2.94. The minimum absolute atomic E-state index is 0.0258. The predicted octanol–water partition coefficient (Wildman–Crippen LogP) is 2.60. The van der Waals surface area contributed by atoms with E-state index in [0.29, 0.717) is 12.5 Å². The highest BCUT2D eigenvalue weighted by atomic mass is 16.2. The Morgan fingerprint density at radius 2 is 1.89 bits per heavy atom. The predicted molar refractivity (Wildman–Crippen MR) is 105 cm³/mol. The molecule has 0 saturated carbocycles. The molecule has 3 heterocycles. The maximum absolute atomic E-state index is 12.8. The number of rotatable bonds is 3. The fourth-order valence-electron chi connectivity index (χ4n) is 3.96. The van der Waals surface area contributed by atoms with E-state index in [4.69, 9.17) is 0 Å². The molecule has 1 aromatic carbocycles. The number of amides is 1. The number of aryl methyl sites for hydroxylation is 2. The van der Waals surface area contributed by atoms with Crippen molar-refractivity contribution in [3.8, 4) is 0 Å². The van der Waals surface area contributed by atoms with Gasteiger partial charge >= 0.3 is 5.69 Å². The van der Waals surface area contributed by atoms with Crippen molar-refractivity contribution in [2.24, 2.45) is 13.0 Å². The van der Waals surface area contributed by atoms with Crippen molar-refractivity contribution in [3.63, 3.8) is 0 Å². The summed E-state index contributed by atoms with van der Waals surface area (Å²) in [6.45, 7) is 4.08. The molecule has 0 radical (unpaired) electrons. The molecule has 140 valence electrons. The van der Waals surface area contributed by atoms with Crippen LogP contribution in [0, 0.1) is 12.8 Å². The number of likely N-dealkylation sites (tertiary alicyclic amines) is 1.